The van der Waals surface area contributed by atoms with E-state index in [1.54, 1.807) is 0 Å². The van der Waals surface area contributed by atoms with Crippen molar-refractivity contribution in [3.05, 3.63) is 23.3 Å². The molecule has 0 aromatic carbocycles. The van der Waals surface area contributed by atoms with Crippen molar-refractivity contribution in [1.29, 1.82) is 0 Å². The van der Waals surface area contributed by atoms with Crippen LogP contribution >= 0.6 is 11.6 Å². The fourth-order valence-corrected chi connectivity index (χ4v) is 3.18. The number of halogens is 1. The molecule has 6 nitrogen and oxygen atoms in total. The summed E-state index contributed by atoms with van der Waals surface area (Å²) in [6.07, 6.45) is 7.82. The van der Waals surface area contributed by atoms with Crippen LogP contribution in [0.25, 0.3) is 16.6 Å². The minimum absolute atomic E-state index is 0.0614. The van der Waals surface area contributed by atoms with Crippen LogP contribution in [-0.4, -0.2) is 39.6 Å². The first-order chi connectivity index (χ1) is 10.8. The van der Waals surface area contributed by atoms with Gasteiger partial charge in [-0.25, -0.2) is 9.67 Å². The Morgan fingerprint density at radius 1 is 1.23 bits per heavy atom. The van der Waals surface area contributed by atoms with Crippen LogP contribution in [0.5, 0.6) is 0 Å². The minimum atomic E-state index is -0.0614. The van der Waals surface area contributed by atoms with E-state index in [4.69, 9.17) is 21.1 Å². The van der Waals surface area contributed by atoms with Gasteiger partial charge in [0, 0.05) is 6.61 Å². The van der Waals surface area contributed by atoms with Crippen molar-refractivity contribution in [2.24, 2.45) is 0 Å². The standard InChI is InChI=1S/C15H17ClN4O2/c16-15-18-13(10-4-7-21-8-5-10)11-9-17-20(14(11)19-15)12-3-1-2-6-22-12/h4,9,12H,1-3,5-8H2. The van der Waals surface area contributed by atoms with Crippen LogP contribution < -0.4 is 0 Å². The summed E-state index contributed by atoms with van der Waals surface area (Å²) in [5, 5.41) is 5.65. The second kappa shape index (κ2) is 5.95. The van der Waals surface area contributed by atoms with E-state index >= 15 is 0 Å². The highest BCUT2D eigenvalue weighted by atomic mass is 35.5. The van der Waals surface area contributed by atoms with Crippen molar-refractivity contribution < 1.29 is 9.47 Å². The Morgan fingerprint density at radius 2 is 2.18 bits per heavy atom. The van der Waals surface area contributed by atoms with E-state index in [0.717, 1.165) is 54.6 Å². The van der Waals surface area contributed by atoms with E-state index in [1.807, 2.05) is 10.9 Å². The predicted octanol–water partition coefficient (Wildman–Crippen LogP) is 2.98. The zero-order valence-corrected chi connectivity index (χ0v) is 12.9. The number of fused-ring (bicyclic) bond motifs is 1. The van der Waals surface area contributed by atoms with Crippen LogP contribution in [0.1, 0.15) is 37.6 Å². The summed E-state index contributed by atoms with van der Waals surface area (Å²) in [7, 11) is 0. The molecule has 1 fully saturated rings. The zero-order valence-electron chi connectivity index (χ0n) is 12.2. The van der Waals surface area contributed by atoms with Crippen molar-refractivity contribution in [3.8, 4) is 0 Å². The van der Waals surface area contributed by atoms with Crippen LogP contribution in [0.15, 0.2) is 12.3 Å². The second-order valence-electron chi connectivity index (χ2n) is 5.54. The molecule has 0 N–H and O–H groups in total. The van der Waals surface area contributed by atoms with Gasteiger partial charge in [-0.05, 0) is 42.9 Å². The van der Waals surface area contributed by atoms with Gasteiger partial charge in [0.05, 0.1) is 30.5 Å². The molecule has 1 atom stereocenters. The molecule has 1 saturated heterocycles. The Morgan fingerprint density at radius 3 is 2.95 bits per heavy atom. The lowest BCUT2D eigenvalue weighted by molar-refractivity contribution is -0.0370. The van der Waals surface area contributed by atoms with Gasteiger partial charge < -0.3 is 9.47 Å². The quantitative estimate of drug-likeness (QED) is 0.796. The third kappa shape index (κ3) is 2.51. The lowest BCUT2D eigenvalue weighted by Crippen LogP contribution is -2.19. The van der Waals surface area contributed by atoms with Crippen LogP contribution in [0.4, 0.5) is 0 Å². The molecule has 0 bridgehead atoms. The van der Waals surface area contributed by atoms with E-state index in [0.29, 0.717) is 13.2 Å². The lowest BCUT2D eigenvalue weighted by Gasteiger charge is -2.23. The van der Waals surface area contributed by atoms with Crippen molar-refractivity contribution in [2.45, 2.75) is 31.9 Å². The van der Waals surface area contributed by atoms with Gasteiger partial charge in [-0.3, -0.25) is 0 Å². The molecule has 4 heterocycles. The number of hydrogen-bond acceptors (Lipinski definition) is 5. The maximum atomic E-state index is 6.15. The normalized spacial score (nSPS) is 22.8. The maximum absolute atomic E-state index is 6.15. The smallest absolute Gasteiger partial charge is 0.224 e. The summed E-state index contributed by atoms with van der Waals surface area (Å²) >= 11 is 6.15. The molecule has 1 unspecified atom stereocenters. The molecule has 0 saturated carbocycles. The van der Waals surface area contributed by atoms with Gasteiger partial charge in [0.15, 0.2) is 11.9 Å². The molecular formula is C15H17ClN4O2. The molecule has 0 spiro atoms. The summed E-state index contributed by atoms with van der Waals surface area (Å²) in [6.45, 7) is 2.08. The zero-order chi connectivity index (χ0) is 14.9. The molecule has 0 aliphatic carbocycles. The highest BCUT2D eigenvalue weighted by molar-refractivity contribution is 6.28. The maximum Gasteiger partial charge on any atom is 0.224 e. The Balaban J connectivity index is 1.82. The summed E-state index contributed by atoms with van der Waals surface area (Å²) in [4.78, 5) is 8.80. The van der Waals surface area contributed by atoms with Crippen molar-refractivity contribution in [2.75, 3.05) is 19.8 Å². The first-order valence-electron chi connectivity index (χ1n) is 7.62. The Hall–Kier alpha value is -1.50. The molecule has 2 aromatic rings. The highest BCUT2D eigenvalue weighted by Gasteiger charge is 2.22. The molecule has 0 radical (unpaired) electrons. The fourth-order valence-electron chi connectivity index (χ4n) is 3.01. The average molecular weight is 321 g/mol. The average Bonchev–Trinajstić information content (AvgIpc) is 2.99. The van der Waals surface area contributed by atoms with Gasteiger partial charge in [0.25, 0.3) is 0 Å². The monoisotopic (exact) mass is 320 g/mol. The number of rotatable bonds is 2. The largest absolute Gasteiger partial charge is 0.377 e. The predicted molar refractivity (Wildman–Crippen MR) is 82.6 cm³/mol. The summed E-state index contributed by atoms with van der Waals surface area (Å²) < 4.78 is 13.0. The van der Waals surface area contributed by atoms with Crippen LogP contribution in [-0.2, 0) is 9.47 Å². The topological polar surface area (TPSA) is 62.1 Å². The fraction of sp³-hybridized carbons (Fsp3) is 0.533. The van der Waals surface area contributed by atoms with Crippen LogP contribution in [0, 0.1) is 0 Å². The van der Waals surface area contributed by atoms with Gasteiger partial charge in [-0.2, -0.15) is 10.1 Å². The molecule has 7 heteroatoms. The number of ether oxygens (including phenoxy) is 2. The van der Waals surface area contributed by atoms with Gasteiger partial charge in [-0.15, -0.1) is 0 Å². The van der Waals surface area contributed by atoms with E-state index in [2.05, 4.69) is 21.1 Å². The Labute approximate surface area is 133 Å². The molecule has 22 heavy (non-hydrogen) atoms. The SMILES string of the molecule is Clc1nc(C2=CCOCC2)c2cnn(C3CCCCO3)c2n1. The van der Waals surface area contributed by atoms with E-state index in [1.165, 1.54) is 0 Å². The van der Waals surface area contributed by atoms with E-state index in [9.17, 15) is 0 Å². The molecule has 2 aliphatic rings. The second-order valence-corrected chi connectivity index (χ2v) is 5.88. The van der Waals surface area contributed by atoms with Gasteiger partial charge >= 0.3 is 0 Å². The minimum Gasteiger partial charge on any atom is -0.377 e. The first-order valence-corrected chi connectivity index (χ1v) is 8.00. The highest BCUT2D eigenvalue weighted by Crippen LogP contribution is 2.30. The third-order valence-corrected chi connectivity index (χ3v) is 4.29. The van der Waals surface area contributed by atoms with Crippen LogP contribution in [0.3, 0.4) is 0 Å². The molecule has 2 aromatic heterocycles. The third-order valence-electron chi connectivity index (χ3n) is 4.12. The molecular weight excluding hydrogens is 304 g/mol. The molecule has 2 aliphatic heterocycles. The number of hydrogen-bond donors (Lipinski definition) is 0. The Kier molecular flexibility index (Phi) is 3.82. The van der Waals surface area contributed by atoms with E-state index in [-0.39, 0.29) is 11.5 Å². The van der Waals surface area contributed by atoms with E-state index < -0.39 is 0 Å². The lowest BCUT2D eigenvalue weighted by atomic mass is 10.1. The number of aromatic nitrogens is 4. The molecule has 0 amide bonds. The van der Waals surface area contributed by atoms with Crippen molar-refractivity contribution in [3.63, 3.8) is 0 Å². The van der Waals surface area contributed by atoms with Crippen molar-refractivity contribution >= 4 is 28.2 Å². The summed E-state index contributed by atoms with van der Waals surface area (Å²) in [5.41, 5.74) is 2.75. The molecule has 116 valence electrons. The Bertz CT molecular complexity index is 722. The number of nitrogens with zero attached hydrogens (tertiary/aromatic N) is 4. The van der Waals surface area contributed by atoms with Gasteiger partial charge in [0.1, 0.15) is 0 Å². The first kappa shape index (κ1) is 14.1. The van der Waals surface area contributed by atoms with Crippen molar-refractivity contribution in [1.82, 2.24) is 19.7 Å². The van der Waals surface area contributed by atoms with Crippen LogP contribution in [0.2, 0.25) is 5.28 Å². The summed E-state index contributed by atoms with van der Waals surface area (Å²) in [5.74, 6) is 0. The summed E-state index contributed by atoms with van der Waals surface area (Å²) in [6, 6.07) is 0. The van der Waals surface area contributed by atoms with Gasteiger partial charge in [0.2, 0.25) is 5.28 Å². The van der Waals surface area contributed by atoms with Gasteiger partial charge in [-0.1, -0.05) is 6.08 Å². The molecule has 4 rings (SSSR count).